The maximum atomic E-state index is 11.9. The number of esters is 1. The Morgan fingerprint density at radius 2 is 1.73 bits per heavy atom. The van der Waals surface area contributed by atoms with Crippen LogP contribution in [0.2, 0.25) is 0 Å². The number of unbranched alkanes of at least 4 members (excludes halogenated alkanes) is 6. The molecular formula is C17H34NO4+. The third kappa shape index (κ3) is 13.9. The van der Waals surface area contributed by atoms with Gasteiger partial charge in [0.2, 0.25) is 0 Å². The van der Waals surface area contributed by atoms with E-state index < -0.39 is 29.5 Å². The molecule has 0 saturated heterocycles. The van der Waals surface area contributed by atoms with E-state index in [2.05, 4.69) is 6.92 Å². The highest BCUT2D eigenvalue weighted by Crippen LogP contribution is 2.11. The number of carbonyl (C=O) groups excluding carboxylic acids is 1. The highest BCUT2D eigenvalue weighted by molar-refractivity contribution is 5.71. The lowest BCUT2D eigenvalue weighted by atomic mass is 10.1. The molecule has 5 heteroatoms. The summed E-state index contributed by atoms with van der Waals surface area (Å²) in [6.45, 7) is -0.205. The Balaban J connectivity index is 4.33. The van der Waals surface area contributed by atoms with E-state index in [0.29, 0.717) is 6.42 Å². The normalized spacial score (nSPS) is 15.5. The van der Waals surface area contributed by atoms with Crippen molar-refractivity contribution in [1.29, 1.82) is 0 Å². The van der Waals surface area contributed by atoms with Gasteiger partial charge in [-0.1, -0.05) is 45.4 Å². The molecule has 0 aliphatic rings. The minimum atomic E-state index is -2.30. The Hall–Kier alpha value is -1.10. The van der Waals surface area contributed by atoms with Crippen LogP contribution in [0.4, 0.5) is 0 Å². The smallest absolute Gasteiger partial charge is 0.307 e. The number of carboxylic acids is 1. The number of ether oxygens (including phenoxy) is 1. The van der Waals surface area contributed by atoms with Crippen LogP contribution < -0.4 is 0 Å². The number of nitrogens with zero attached hydrogens (tertiary/aromatic N) is 1. The number of aliphatic carboxylic acids is 1. The highest BCUT2D eigenvalue weighted by atomic mass is 16.5. The van der Waals surface area contributed by atoms with Gasteiger partial charge in [0.1, 0.15) is 6.54 Å². The molecular weight excluding hydrogens is 282 g/mol. The number of hydrogen-bond donors (Lipinski definition) is 1. The first-order valence-electron chi connectivity index (χ1n) is 9.74. The molecule has 22 heavy (non-hydrogen) atoms. The standard InChI is InChI=1S/C17H33NO4/c1-5-6-7-8-9-10-11-12-17(21)22-15(13-16(19)20)14-18(2,3)4/h15H,5-14H2,1-4H3/p+1/t15-/m1/s1/i2D3. The van der Waals surface area contributed by atoms with Crippen molar-refractivity contribution in [3.05, 3.63) is 0 Å². The van der Waals surface area contributed by atoms with Gasteiger partial charge in [-0.05, 0) is 6.42 Å². The molecule has 0 bridgehead atoms. The van der Waals surface area contributed by atoms with Gasteiger partial charge in [0.05, 0.1) is 31.6 Å². The Labute approximate surface area is 139 Å². The predicted octanol–water partition coefficient (Wildman–Crippen LogP) is 3.22. The topological polar surface area (TPSA) is 63.6 Å². The Morgan fingerprint density at radius 3 is 2.27 bits per heavy atom. The van der Waals surface area contributed by atoms with Crippen molar-refractivity contribution >= 4 is 11.9 Å². The van der Waals surface area contributed by atoms with Gasteiger partial charge in [0, 0.05) is 6.42 Å². The fraction of sp³-hybridized carbons (Fsp3) is 0.882. The van der Waals surface area contributed by atoms with Crippen molar-refractivity contribution in [1.82, 2.24) is 0 Å². The van der Waals surface area contributed by atoms with E-state index in [1.54, 1.807) is 0 Å². The molecule has 0 unspecified atom stereocenters. The number of hydrogen-bond acceptors (Lipinski definition) is 3. The molecule has 0 spiro atoms. The quantitative estimate of drug-likeness (QED) is 0.322. The lowest BCUT2D eigenvalue weighted by Gasteiger charge is -2.28. The van der Waals surface area contributed by atoms with Crippen LogP contribution in [0.5, 0.6) is 0 Å². The van der Waals surface area contributed by atoms with Crippen LogP contribution >= 0.6 is 0 Å². The van der Waals surface area contributed by atoms with Gasteiger partial charge in [0.15, 0.2) is 6.10 Å². The molecule has 0 fully saturated rings. The first-order valence-corrected chi connectivity index (χ1v) is 8.24. The van der Waals surface area contributed by atoms with Crippen LogP contribution in [0.1, 0.15) is 68.8 Å². The minimum Gasteiger partial charge on any atom is -0.481 e. The molecule has 1 N–H and O–H groups in total. The third-order valence-electron chi connectivity index (χ3n) is 3.34. The molecule has 0 aromatic carbocycles. The zero-order valence-electron chi connectivity index (χ0n) is 17.3. The summed E-state index contributed by atoms with van der Waals surface area (Å²) in [5.41, 5.74) is 0. The molecule has 0 aliphatic carbocycles. The van der Waals surface area contributed by atoms with Crippen molar-refractivity contribution in [2.75, 3.05) is 27.6 Å². The van der Waals surface area contributed by atoms with Crippen molar-refractivity contribution in [2.24, 2.45) is 0 Å². The number of carboxylic acid groups (broad SMARTS) is 1. The summed E-state index contributed by atoms with van der Waals surface area (Å²) < 4.78 is 27.4. The molecule has 0 amide bonds. The second-order valence-electron chi connectivity index (χ2n) is 6.45. The van der Waals surface area contributed by atoms with Crippen molar-refractivity contribution in [2.45, 2.75) is 70.8 Å². The molecule has 0 heterocycles. The van der Waals surface area contributed by atoms with Gasteiger partial charge in [-0.15, -0.1) is 0 Å². The van der Waals surface area contributed by atoms with Crippen LogP contribution in [-0.2, 0) is 14.3 Å². The van der Waals surface area contributed by atoms with Crippen molar-refractivity contribution in [3.63, 3.8) is 0 Å². The molecule has 0 aromatic heterocycles. The molecule has 0 aromatic rings. The number of likely N-dealkylation sites (N-methyl/N-ethyl adjacent to an activating group) is 1. The fourth-order valence-corrected chi connectivity index (χ4v) is 2.32. The molecule has 1 atom stereocenters. The highest BCUT2D eigenvalue weighted by Gasteiger charge is 2.24. The molecule has 0 aliphatic heterocycles. The van der Waals surface area contributed by atoms with E-state index in [9.17, 15) is 9.59 Å². The summed E-state index contributed by atoms with van der Waals surface area (Å²) in [5.74, 6) is -1.57. The zero-order chi connectivity index (χ0) is 19.5. The van der Waals surface area contributed by atoms with Crippen LogP contribution in [0.15, 0.2) is 0 Å². The fourth-order valence-electron chi connectivity index (χ4n) is 2.32. The SMILES string of the molecule is [2H]C([2H])([2H])[N+](C)(C)C[C@@H](CC(=O)O)OC(=O)CCCCCCCCC. The van der Waals surface area contributed by atoms with Gasteiger partial charge in [0.25, 0.3) is 0 Å². The number of rotatable bonds is 13. The van der Waals surface area contributed by atoms with Crippen LogP contribution in [0.25, 0.3) is 0 Å². The average molecular weight is 319 g/mol. The summed E-state index contributed by atoms with van der Waals surface area (Å²) in [6, 6.07) is 0. The summed E-state index contributed by atoms with van der Waals surface area (Å²) in [5, 5.41) is 8.97. The van der Waals surface area contributed by atoms with Gasteiger partial charge >= 0.3 is 11.9 Å². The molecule has 5 nitrogen and oxygen atoms in total. The summed E-state index contributed by atoms with van der Waals surface area (Å²) >= 11 is 0. The number of quaternary nitrogens is 1. The van der Waals surface area contributed by atoms with E-state index in [1.165, 1.54) is 33.4 Å². The summed E-state index contributed by atoms with van der Waals surface area (Å²) in [4.78, 5) is 22.9. The maximum Gasteiger partial charge on any atom is 0.307 e. The largest absolute Gasteiger partial charge is 0.481 e. The molecule has 0 saturated carbocycles. The van der Waals surface area contributed by atoms with Crippen LogP contribution in [-0.4, -0.2) is 55.2 Å². The Morgan fingerprint density at radius 1 is 1.14 bits per heavy atom. The van der Waals surface area contributed by atoms with Crippen LogP contribution in [0.3, 0.4) is 0 Å². The molecule has 0 rings (SSSR count). The Bertz CT molecular complexity index is 411. The van der Waals surface area contributed by atoms with E-state index in [4.69, 9.17) is 14.0 Å². The average Bonchev–Trinajstić information content (AvgIpc) is 2.43. The van der Waals surface area contributed by atoms with E-state index in [1.807, 2.05) is 0 Å². The monoisotopic (exact) mass is 319 g/mol. The lowest BCUT2D eigenvalue weighted by molar-refractivity contribution is -0.873. The van der Waals surface area contributed by atoms with Crippen molar-refractivity contribution < 1.29 is 28.0 Å². The second-order valence-corrected chi connectivity index (χ2v) is 6.45. The number of carbonyl (C=O) groups is 2. The zero-order valence-corrected chi connectivity index (χ0v) is 14.3. The Kier molecular flexibility index (Phi) is 8.23. The lowest BCUT2D eigenvalue weighted by Crippen LogP contribution is -2.43. The third-order valence-corrected chi connectivity index (χ3v) is 3.34. The second kappa shape index (κ2) is 11.5. The molecule has 130 valence electrons. The maximum absolute atomic E-state index is 11.9. The van der Waals surface area contributed by atoms with E-state index in [-0.39, 0.29) is 19.4 Å². The van der Waals surface area contributed by atoms with E-state index in [0.717, 1.165) is 19.3 Å². The van der Waals surface area contributed by atoms with Crippen LogP contribution in [0, 0.1) is 0 Å². The first-order chi connectivity index (χ1) is 11.5. The predicted molar refractivity (Wildman–Crippen MR) is 87.6 cm³/mol. The van der Waals surface area contributed by atoms with E-state index >= 15 is 0 Å². The first kappa shape index (κ1) is 15.8. The van der Waals surface area contributed by atoms with Gasteiger partial charge in [-0.25, -0.2) is 0 Å². The summed E-state index contributed by atoms with van der Waals surface area (Å²) in [6.07, 6.45) is 6.45. The van der Waals surface area contributed by atoms with Gasteiger partial charge in [-0.2, -0.15) is 0 Å². The minimum absolute atomic E-state index is 0.0639. The van der Waals surface area contributed by atoms with Gasteiger partial charge in [-0.3, -0.25) is 9.59 Å². The molecule has 0 radical (unpaired) electrons. The summed E-state index contributed by atoms with van der Waals surface area (Å²) in [7, 11) is 2.96. The van der Waals surface area contributed by atoms with Crippen molar-refractivity contribution in [3.8, 4) is 0 Å². The van der Waals surface area contributed by atoms with Gasteiger partial charge < -0.3 is 14.3 Å².